The Hall–Kier alpha value is -3.97. The number of rotatable bonds is 8. The molecule has 0 saturated heterocycles. The number of nitrogens with one attached hydrogen (secondary N) is 2. The lowest BCUT2D eigenvalue weighted by molar-refractivity contribution is -0.116. The van der Waals surface area contributed by atoms with Crippen molar-refractivity contribution in [1.29, 1.82) is 0 Å². The molecule has 0 aliphatic rings. The molecular weight excluding hydrogens is 465 g/mol. The van der Waals surface area contributed by atoms with E-state index in [2.05, 4.69) is 25.2 Å². The fourth-order valence-corrected chi connectivity index (χ4v) is 4.20. The summed E-state index contributed by atoms with van der Waals surface area (Å²) in [5.74, 6) is 0.779. The van der Waals surface area contributed by atoms with Gasteiger partial charge in [0.1, 0.15) is 18.0 Å². The SMILES string of the molecule is O=C(CCCCl)Nc1ccc2ncnc(Nc3ccc4c(ccn4Cc4cccc(F)c4)c3)c2c1. The molecule has 2 heterocycles. The van der Waals surface area contributed by atoms with Crippen LogP contribution in [0.3, 0.4) is 0 Å². The van der Waals surface area contributed by atoms with Crippen molar-refractivity contribution in [1.82, 2.24) is 14.5 Å². The number of amides is 1. The lowest BCUT2D eigenvalue weighted by Crippen LogP contribution is -2.11. The van der Waals surface area contributed by atoms with Gasteiger partial charge in [-0.25, -0.2) is 14.4 Å². The van der Waals surface area contributed by atoms with Crippen molar-refractivity contribution in [2.24, 2.45) is 0 Å². The second-order valence-electron chi connectivity index (χ2n) is 8.27. The first-order valence-electron chi connectivity index (χ1n) is 11.3. The van der Waals surface area contributed by atoms with E-state index >= 15 is 0 Å². The standard InChI is InChI=1S/C27H23ClFN5O/c28-11-2-5-26(35)32-22-6-8-24-23(15-22)27(31-17-30-24)33-21-7-9-25-19(14-21)10-12-34(25)16-18-3-1-4-20(29)13-18/h1,3-4,6-10,12-15,17H,2,5,11,16H2,(H,32,35)(H,30,31,33). The first-order chi connectivity index (χ1) is 17.1. The number of hydrogen-bond donors (Lipinski definition) is 2. The minimum Gasteiger partial charge on any atom is -0.343 e. The molecule has 3 aromatic carbocycles. The zero-order valence-electron chi connectivity index (χ0n) is 18.8. The Labute approximate surface area is 206 Å². The van der Waals surface area contributed by atoms with E-state index in [-0.39, 0.29) is 11.7 Å². The monoisotopic (exact) mass is 487 g/mol. The summed E-state index contributed by atoms with van der Waals surface area (Å²) in [5, 5.41) is 8.13. The van der Waals surface area contributed by atoms with Gasteiger partial charge in [-0.1, -0.05) is 12.1 Å². The van der Waals surface area contributed by atoms with Crippen molar-refractivity contribution in [3.8, 4) is 0 Å². The van der Waals surface area contributed by atoms with Crippen LogP contribution >= 0.6 is 11.6 Å². The molecule has 6 nitrogen and oxygen atoms in total. The predicted octanol–water partition coefficient (Wildman–Crippen LogP) is 6.47. The van der Waals surface area contributed by atoms with Crippen molar-refractivity contribution in [3.05, 3.63) is 90.6 Å². The van der Waals surface area contributed by atoms with Crippen LogP contribution in [0.1, 0.15) is 18.4 Å². The predicted molar refractivity (Wildman–Crippen MR) is 139 cm³/mol. The fourth-order valence-electron chi connectivity index (χ4n) is 4.07. The molecule has 0 atom stereocenters. The highest BCUT2D eigenvalue weighted by atomic mass is 35.5. The quantitative estimate of drug-likeness (QED) is 0.246. The molecule has 0 aliphatic heterocycles. The van der Waals surface area contributed by atoms with E-state index in [4.69, 9.17) is 11.6 Å². The van der Waals surface area contributed by atoms with E-state index in [0.717, 1.165) is 33.1 Å². The molecule has 2 aromatic heterocycles. The largest absolute Gasteiger partial charge is 0.343 e. The summed E-state index contributed by atoms with van der Waals surface area (Å²) in [5.41, 5.74) is 4.28. The number of nitrogens with zero attached hydrogens (tertiary/aromatic N) is 3. The van der Waals surface area contributed by atoms with Crippen LogP contribution in [0.4, 0.5) is 21.6 Å². The van der Waals surface area contributed by atoms with Gasteiger partial charge in [-0.3, -0.25) is 4.79 Å². The summed E-state index contributed by atoms with van der Waals surface area (Å²) in [6.45, 7) is 0.587. The van der Waals surface area contributed by atoms with E-state index < -0.39 is 0 Å². The molecule has 5 aromatic rings. The first-order valence-corrected chi connectivity index (χ1v) is 11.8. The third-order valence-electron chi connectivity index (χ3n) is 5.73. The number of carbonyl (C=O) groups is 1. The number of anilines is 3. The summed E-state index contributed by atoms with van der Waals surface area (Å²) in [6, 6.07) is 20.3. The highest BCUT2D eigenvalue weighted by molar-refractivity contribution is 6.18. The van der Waals surface area contributed by atoms with E-state index in [1.807, 2.05) is 54.7 Å². The van der Waals surface area contributed by atoms with E-state index in [1.54, 1.807) is 12.1 Å². The average Bonchev–Trinajstić information content (AvgIpc) is 3.25. The van der Waals surface area contributed by atoms with Gasteiger partial charge in [0, 0.05) is 52.7 Å². The van der Waals surface area contributed by atoms with Crippen LogP contribution in [0.2, 0.25) is 0 Å². The van der Waals surface area contributed by atoms with Crippen LogP contribution in [-0.2, 0) is 11.3 Å². The molecule has 8 heteroatoms. The Morgan fingerprint density at radius 2 is 1.89 bits per heavy atom. The molecule has 0 radical (unpaired) electrons. The maximum atomic E-state index is 13.6. The molecular formula is C27H23ClFN5O. The number of halogens is 2. The van der Waals surface area contributed by atoms with Crippen LogP contribution in [-0.4, -0.2) is 26.3 Å². The molecule has 0 saturated carbocycles. The van der Waals surface area contributed by atoms with Gasteiger partial charge < -0.3 is 15.2 Å². The molecule has 176 valence electrons. The van der Waals surface area contributed by atoms with Gasteiger partial charge in [0.05, 0.1) is 5.52 Å². The molecule has 0 bridgehead atoms. The fraction of sp³-hybridized carbons (Fsp3) is 0.148. The molecule has 35 heavy (non-hydrogen) atoms. The number of benzene rings is 3. The lowest BCUT2D eigenvalue weighted by atomic mass is 10.2. The lowest BCUT2D eigenvalue weighted by Gasteiger charge is -2.11. The first kappa shape index (κ1) is 22.8. The molecule has 0 aliphatic carbocycles. The second kappa shape index (κ2) is 10.1. The van der Waals surface area contributed by atoms with Gasteiger partial charge in [0.15, 0.2) is 0 Å². The van der Waals surface area contributed by atoms with Crippen LogP contribution < -0.4 is 10.6 Å². The Kier molecular flexibility index (Phi) is 6.59. The topological polar surface area (TPSA) is 71.8 Å². The highest BCUT2D eigenvalue weighted by Gasteiger charge is 2.09. The van der Waals surface area contributed by atoms with Gasteiger partial charge >= 0.3 is 0 Å². The van der Waals surface area contributed by atoms with Crippen LogP contribution in [0.5, 0.6) is 0 Å². The Morgan fingerprint density at radius 1 is 1.00 bits per heavy atom. The van der Waals surface area contributed by atoms with Crippen molar-refractivity contribution in [2.45, 2.75) is 19.4 Å². The van der Waals surface area contributed by atoms with E-state index in [0.29, 0.717) is 36.8 Å². The summed E-state index contributed by atoms with van der Waals surface area (Å²) >= 11 is 5.68. The van der Waals surface area contributed by atoms with Crippen LogP contribution in [0.25, 0.3) is 21.8 Å². The highest BCUT2D eigenvalue weighted by Crippen LogP contribution is 2.28. The number of carbonyl (C=O) groups excluding carboxylic acids is 1. The molecule has 5 rings (SSSR count). The molecule has 0 unspecified atom stereocenters. The Bertz CT molecular complexity index is 1520. The van der Waals surface area contributed by atoms with Gasteiger partial charge in [-0.15, -0.1) is 11.6 Å². The third-order valence-corrected chi connectivity index (χ3v) is 6.00. The van der Waals surface area contributed by atoms with E-state index in [9.17, 15) is 9.18 Å². The third kappa shape index (κ3) is 5.25. The van der Waals surface area contributed by atoms with Crippen LogP contribution in [0.15, 0.2) is 79.3 Å². The van der Waals surface area contributed by atoms with Crippen molar-refractivity contribution < 1.29 is 9.18 Å². The van der Waals surface area contributed by atoms with E-state index in [1.165, 1.54) is 12.4 Å². The van der Waals surface area contributed by atoms with Crippen LogP contribution in [0, 0.1) is 5.82 Å². The number of alkyl halides is 1. The van der Waals surface area contributed by atoms with Gasteiger partial charge in [-0.05, 0) is 66.6 Å². The normalized spacial score (nSPS) is 11.1. The zero-order valence-corrected chi connectivity index (χ0v) is 19.6. The zero-order chi connectivity index (χ0) is 24.2. The number of aromatic nitrogens is 3. The summed E-state index contributed by atoms with van der Waals surface area (Å²) < 4.78 is 15.7. The second-order valence-corrected chi connectivity index (χ2v) is 8.65. The smallest absolute Gasteiger partial charge is 0.224 e. The Morgan fingerprint density at radius 3 is 2.74 bits per heavy atom. The number of fused-ring (bicyclic) bond motifs is 2. The average molecular weight is 488 g/mol. The van der Waals surface area contributed by atoms with Gasteiger partial charge in [0.2, 0.25) is 5.91 Å². The maximum Gasteiger partial charge on any atom is 0.224 e. The summed E-state index contributed by atoms with van der Waals surface area (Å²) in [4.78, 5) is 20.9. The summed E-state index contributed by atoms with van der Waals surface area (Å²) in [7, 11) is 0. The molecule has 1 amide bonds. The summed E-state index contributed by atoms with van der Waals surface area (Å²) in [6.07, 6.45) is 4.51. The molecule has 2 N–H and O–H groups in total. The Balaban J connectivity index is 1.39. The minimum absolute atomic E-state index is 0.0791. The maximum absolute atomic E-state index is 13.6. The van der Waals surface area contributed by atoms with Gasteiger partial charge in [0.25, 0.3) is 0 Å². The molecule has 0 fully saturated rings. The van der Waals surface area contributed by atoms with Crippen molar-refractivity contribution in [3.63, 3.8) is 0 Å². The molecule has 0 spiro atoms. The van der Waals surface area contributed by atoms with Crippen molar-refractivity contribution in [2.75, 3.05) is 16.5 Å². The minimum atomic E-state index is -0.236. The van der Waals surface area contributed by atoms with Gasteiger partial charge in [-0.2, -0.15) is 0 Å². The number of hydrogen-bond acceptors (Lipinski definition) is 4. The van der Waals surface area contributed by atoms with Crippen molar-refractivity contribution >= 4 is 56.5 Å².